The van der Waals surface area contributed by atoms with Crippen molar-refractivity contribution in [3.05, 3.63) is 29.3 Å². The highest BCUT2D eigenvalue weighted by molar-refractivity contribution is 5.38. The van der Waals surface area contributed by atoms with Gasteiger partial charge < -0.3 is 10.5 Å². The molecule has 1 atom stereocenters. The van der Waals surface area contributed by atoms with Gasteiger partial charge in [0.1, 0.15) is 5.75 Å². The minimum atomic E-state index is 0.188. The molecule has 0 amide bonds. The molecule has 0 spiro atoms. The largest absolute Gasteiger partial charge is 0.491 e. The normalized spacial score (nSPS) is 20.4. The minimum absolute atomic E-state index is 0.188. The first-order chi connectivity index (χ1) is 7.66. The van der Waals surface area contributed by atoms with Crippen LogP contribution in [0, 0.1) is 0 Å². The van der Waals surface area contributed by atoms with Crippen molar-refractivity contribution >= 4 is 0 Å². The molecule has 1 aliphatic carbocycles. The smallest absolute Gasteiger partial charge is 0.120 e. The number of hydrogen-bond donors (Lipinski definition) is 1. The molecule has 2 rings (SSSR count). The lowest BCUT2D eigenvalue weighted by Gasteiger charge is -2.16. The maximum absolute atomic E-state index is 6.19. The van der Waals surface area contributed by atoms with Gasteiger partial charge in [0.05, 0.1) is 6.10 Å². The summed E-state index contributed by atoms with van der Waals surface area (Å²) in [5.41, 5.74) is 8.88. The molecule has 0 saturated carbocycles. The van der Waals surface area contributed by atoms with E-state index in [0.29, 0.717) is 0 Å². The Morgan fingerprint density at radius 3 is 2.88 bits per heavy atom. The van der Waals surface area contributed by atoms with E-state index in [1.165, 1.54) is 24.0 Å². The molecule has 1 aromatic carbocycles. The van der Waals surface area contributed by atoms with Gasteiger partial charge in [0, 0.05) is 6.04 Å². The van der Waals surface area contributed by atoms with Crippen LogP contribution in [0.1, 0.15) is 50.3 Å². The van der Waals surface area contributed by atoms with Crippen LogP contribution in [-0.2, 0) is 6.42 Å². The van der Waals surface area contributed by atoms with Gasteiger partial charge in [0.15, 0.2) is 0 Å². The van der Waals surface area contributed by atoms with E-state index < -0.39 is 0 Å². The van der Waals surface area contributed by atoms with Crippen molar-refractivity contribution < 1.29 is 4.74 Å². The molecule has 0 aromatic heterocycles. The van der Waals surface area contributed by atoms with Crippen molar-refractivity contribution in [1.82, 2.24) is 0 Å². The van der Waals surface area contributed by atoms with Crippen LogP contribution in [-0.4, -0.2) is 6.10 Å². The molecule has 0 heterocycles. The Morgan fingerprint density at radius 2 is 2.12 bits per heavy atom. The molecular weight excluding hydrogens is 198 g/mol. The molecule has 0 unspecified atom stereocenters. The fourth-order valence-corrected chi connectivity index (χ4v) is 2.33. The maximum atomic E-state index is 6.19. The molecular formula is C14H21NO. The minimum Gasteiger partial charge on any atom is -0.491 e. The van der Waals surface area contributed by atoms with Crippen molar-refractivity contribution in [3.8, 4) is 5.75 Å². The van der Waals surface area contributed by atoms with E-state index in [1.54, 1.807) is 0 Å². The molecule has 0 radical (unpaired) electrons. The van der Waals surface area contributed by atoms with E-state index in [0.717, 1.165) is 18.6 Å². The highest BCUT2D eigenvalue weighted by atomic mass is 16.5. The second-order valence-electron chi connectivity index (χ2n) is 4.88. The zero-order valence-electron chi connectivity index (χ0n) is 10.2. The number of aryl methyl sites for hydroxylation is 1. The molecule has 0 fully saturated rings. The Hall–Kier alpha value is -1.02. The molecule has 2 heteroatoms. The third kappa shape index (κ3) is 2.56. The number of benzene rings is 1. The summed E-state index contributed by atoms with van der Waals surface area (Å²) >= 11 is 0. The van der Waals surface area contributed by atoms with Crippen molar-refractivity contribution in [2.24, 2.45) is 5.73 Å². The van der Waals surface area contributed by atoms with Crippen molar-refractivity contribution in [2.45, 2.75) is 51.7 Å². The van der Waals surface area contributed by atoms with E-state index in [1.807, 2.05) is 13.8 Å². The van der Waals surface area contributed by atoms with Crippen LogP contribution in [0.15, 0.2) is 18.2 Å². The second kappa shape index (κ2) is 4.88. The third-order valence-corrected chi connectivity index (χ3v) is 3.10. The number of ether oxygens (including phenoxy) is 1. The summed E-state index contributed by atoms with van der Waals surface area (Å²) in [4.78, 5) is 0. The third-order valence-electron chi connectivity index (χ3n) is 3.10. The van der Waals surface area contributed by atoms with Crippen molar-refractivity contribution in [1.29, 1.82) is 0 Å². The molecule has 0 saturated heterocycles. The average molecular weight is 219 g/mol. The van der Waals surface area contributed by atoms with E-state index in [4.69, 9.17) is 10.5 Å². The van der Waals surface area contributed by atoms with Gasteiger partial charge in [0.25, 0.3) is 0 Å². The average Bonchev–Trinajstić information content (AvgIpc) is 2.41. The molecule has 0 aliphatic heterocycles. The summed E-state index contributed by atoms with van der Waals surface area (Å²) in [5, 5.41) is 0. The van der Waals surface area contributed by atoms with E-state index >= 15 is 0 Å². The Kier molecular flexibility index (Phi) is 3.49. The van der Waals surface area contributed by atoms with Crippen LogP contribution < -0.4 is 10.5 Å². The van der Waals surface area contributed by atoms with Crippen LogP contribution in [0.25, 0.3) is 0 Å². The Balaban J connectivity index is 2.28. The van der Waals surface area contributed by atoms with Crippen molar-refractivity contribution in [3.63, 3.8) is 0 Å². The van der Waals surface area contributed by atoms with Gasteiger partial charge in [-0.3, -0.25) is 0 Å². The predicted molar refractivity (Wildman–Crippen MR) is 66.7 cm³/mol. The van der Waals surface area contributed by atoms with Crippen LogP contribution in [0.3, 0.4) is 0 Å². The summed E-state index contributed by atoms with van der Waals surface area (Å²) in [6.07, 6.45) is 4.96. The summed E-state index contributed by atoms with van der Waals surface area (Å²) in [7, 11) is 0. The lowest BCUT2D eigenvalue weighted by atomic mass is 9.99. The Morgan fingerprint density at radius 1 is 1.31 bits per heavy atom. The van der Waals surface area contributed by atoms with Gasteiger partial charge >= 0.3 is 0 Å². The molecule has 0 bridgehead atoms. The fourth-order valence-electron chi connectivity index (χ4n) is 2.33. The maximum Gasteiger partial charge on any atom is 0.120 e. The van der Waals surface area contributed by atoms with E-state index in [9.17, 15) is 0 Å². The van der Waals surface area contributed by atoms with E-state index in [-0.39, 0.29) is 12.1 Å². The summed E-state index contributed by atoms with van der Waals surface area (Å²) < 4.78 is 5.71. The zero-order chi connectivity index (χ0) is 11.5. The van der Waals surface area contributed by atoms with Gasteiger partial charge in [-0.05, 0) is 56.4 Å². The standard InChI is InChI=1S/C14H21NO/c1-10(2)16-12-8-7-11-5-3-4-6-14(15)13(11)9-12/h7-10,14H,3-6,15H2,1-2H3/t14-/m1/s1. The SMILES string of the molecule is CC(C)Oc1ccc2c(c1)[C@H](N)CCCC2. The fraction of sp³-hybridized carbons (Fsp3) is 0.571. The van der Waals surface area contributed by atoms with Crippen LogP contribution in [0.5, 0.6) is 5.75 Å². The summed E-state index contributed by atoms with van der Waals surface area (Å²) in [6.45, 7) is 4.09. The van der Waals surface area contributed by atoms with Crippen LogP contribution >= 0.6 is 0 Å². The summed E-state index contributed by atoms with van der Waals surface area (Å²) in [6, 6.07) is 6.56. The second-order valence-corrected chi connectivity index (χ2v) is 4.88. The Labute approximate surface area is 97.8 Å². The molecule has 88 valence electrons. The highest BCUT2D eigenvalue weighted by Gasteiger charge is 2.15. The number of hydrogen-bond acceptors (Lipinski definition) is 2. The van der Waals surface area contributed by atoms with Gasteiger partial charge in [-0.1, -0.05) is 12.5 Å². The summed E-state index contributed by atoms with van der Waals surface area (Å²) in [5.74, 6) is 0.950. The zero-order valence-corrected chi connectivity index (χ0v) is 10.2. The highest BCUT2D eigenvalue weighted by Crippen LogP contribution is 2.30. The topological polar surface area (TPSA) is 35.2 Å². The van der Waals surface area contributed by atoms with Gasteiger partial charge in [0.2, 0.25) is 0 Å². The molecule has 16 heavy (non-hydrogen) atoms. The van der Waals surface area contributed by atoms with Crippen molar-refractivity contribution in [2.75, 3.05) is 0 Å². The van der Waals surface area contributed by atoms with Crippen LogP contribution in [0.4, 0.5) is 0 Å². The Bertz CT molecular complexity index is 360. The number of nitrogens with two attached hydrogens (primary N) is 1. The van der Waals surface area contributed by atoms with Crippen LogP contribution in [0.2, 0.25) is 0 Å². The number of rotatable bonds is 2. The van der Waals surface area contributed by atoms with Gasteiger partial charge in [-0.25, -0.2) is 0 Å². The first-order valence-corrected chi connectivity index (χ1v) is 6.22. The quantitative estimate of drug-likeness (QED) is 0.775. The molecule has 1 aliphatic rings. The van der Waals surface area contributed by atoms with Gasteiger partial charge in [-0.15, -0.1) is 0 Å². The lowest BCUT2D eigenvalue weighted by Crippen LogP contribution is -2.12. The lowest BCUT2D eigenvalue weighted by molar-refractivity contribution is 0.242. The molecule has 2 N–H and O–H groups in total. The first kappa shape index (κ1) is 11.5. The number of fused-ring (bicyclic) bond motifs is 1. The first-order valence-electron chi connectivity index (χ1n) is 6.22. The molecule has 1 aromatic rings. The predicted octanol–water partition coefficient (Wildman–Crippen LogP) is 3.20. The molecule has 2 nitrogen and oxygen atoms in total. The van der Waals surface area contributed by atoms with Gasteiger partial charge in [-0.2, -0.15) is 0 Å². The monoisotopic (exact) mass is 219 g/mol. The van der Waals surface area contributed by atoms with E-state index in [2.05, 4.69) is 18.2 Å².